The Labute approximate surface area is 173 Å². The minimum absolute atomic E-state index is 0.237. The van der Waals surface area contributed by atoms with Crippen molar-refractivity contribution in [2.75, 3.05) is 26.3 Å². The Morgan fingerprint density at radius 2 is 2.17 bits per heavy atom. The summed E-state index contributed by atoms with van der Waals surface area (Å²) >= 11 is 1.76. The number of thiophene rings is 1. The van der Waals surface area contributed by atoms with Gasteiger partial charge in [0.25, 0.3) is 0 Å². The van der Waals surface area contributed by atoms with Gasteiger partial charge < -0.3 is 19.6 Å². The summed E-state index contributed by atoms with van der Waals surface area (Å²) < 4.78 is 12.3. The maximum absolute atomic E-state index is 12.2. The van der Waals surface area contributed by atoms with Crippen molar-refractivity contribution >= 4 is 21.6 Å². The van der Waals surface area contributed by atoms with E-state index in [1.165, 1.54) is 21.5 Å². The molecule has 0 amide bonds. The molecule has 1 N–H and O–H groups in total. The Bertz CT molecular complexity index is 1030. The summed E-state index contributed by atoms with van der Waals surface area (Å²) in [7, 11) is 0. The van der Waals surface area contributed by atoms with E-state index >= 15 is 0 Å². The van der Waals surface area contributed by atoms with Crippen LogP contribution >= 0.6 is 11.3 Å². The Morgan fingerprint density at radius 1 is 1.31 bits per heavy atom. The van der Waals surface area contributed by atoms with Gasteiger partial charge in [0.2, 0.25) is 5.88 Å². The zero-order valence-corrected chi connectivity index (χ0v) is 17.3. The fraction of sp³-hybridized carbons (Fsp3) is 0.476. The quantitative estimate of drug-likeness (QED) is 0.520. The van der Waals surface area contributed by atoms with E-state index in [2.05, 4.69) is 6.92 Å². The van der Waals surface area contributed by atoms with E-state index in [0.717, 1.165) is 72.9 Å². The van der Waals surface area contributed by atoms with Crippen LogP contribution in [-0.2, 0) is 24.1 Å². The summed E-state index contributed by atoms with van der Waals surface area (Å²) in [6, 6.07) is 5.16. The number of aromatic nitrogens is 3. The first-order chi connectivity index (χ1) is 14.2. The van der Waals surface area contributed by atoms with Gasteiger partial charge in [-0.05, 0) is 36.8 Å². The van der Waals surface area contributed by atoms with E-state index in [1.54, 1.807) is 29.5 Å². The van der Waals surface area contributed by atoms with Crippen molar-refractivity contribution in [1.82, 2.24) is 9.97 Å². The van der Waals surface area contributed by atoms with Crippen molar-refractivity contribution in [2.45, 2.75) is 32.7 Å². The van der Waals surface area contributed by atoms with Gasteiger partial charge in [-0.1, -0.05) is 6.92 Å². The van der Waals surface area contributed by atoms with Gasteiger partial charge in [0.15, 0.2) is 12.0 Å². The second-order valence-corrected chi connectivity index (χ2v) is 9.07. The number of fused-ring (bicyclic) bond motifs is 3. The predicted molar refractivity (Wildman–Crippen MR) is 109 cm³/mol. The summed E-state index contributed by atoms with van der Waals surface area (Å²) in [6.45, 7) is 6.48. The van der Waals surface area contributed by atoms with Crippen LogP contribution in [0.4, 0.5) is 0 Å². The van der Waals surface area contributed by atoms with E-state index in [0.29, 0.717) is 11.8 Å². The summed E-state index contributed by atoms with van der Waals surface area (Å²) in [5.41, 5.74) is 1.30. The number of ether oxygens (including phenoxy) is 2. The van der Waals surface area contributed by atoms with Crippen LogP contribution in [0.2, 0.25) is 0 Å². The van der Waals surface area contributed by atoms with Crippen molar-refractivity contribution in [1.29, 1.82) is 0 Å². The summed E-state index contributed by atoms with van der Waals surface area (Å²) in [4.78, 5) is 13.5. The average Bonchev–Trinajstić information content (AvgIpc) is 3.08. The molecule has 0 unspecified atom stereocenters. The van der Waals surface area contributed by atoms with Crippen molar-refractivity contribution in [3.05, 3.63) is 45.9 Å². The lowest BCUT2D eigenvalue weighted by Crippen LogP contribution is -3.12. The SMILES string of the molecule is C[C@@H]1CCc2c(sc3nc(C[NH+]4CCOCC4)nc(Oc4cccc[n+]4[O-])c23)C1. The highest BCUT2D eigenvalue weighted by atomic mass is 32.1. The van der Waals surface area contributed by atoms with E-state index in [-0.39, 0.29) is 5.88 Å². The molecule has 8 heteroatoms. The molecule has 5 rings (SSSR count). The molecule has 3 aromatic rings. The molecule has 1 fully saturated rings. The molecule has 4 heterocycles. The molecule has 152 valence electrons. The Balaban J connectivity index is 1.58. The van der Waals surface area contributed by atoms with Crippen LogP contribution in [0.5, 0.6) is 11.8 Å². The molecule has 0 spiro atoms. The molecule has 0 bridgehead atoms. The monoisotopic (exact) mass is 413 g/mol. The third-order valence-electron chi connectivity index (χ3n) is 5.77. The van der Waals surface area contributed by atoms with Gasteiger partial charge in [0.05, 0.1) is 24.7 Å². The largest absolute Gasteiger partial charge is 0.616 e. The lowest BCUT2D eigenvalue weighted by molar-refractivity contribution is -0.922. The number of nitrogens with one attached hydrogen (secondary N) is 1. The number of rotatable bonds is 4. The van der Waals surface area contributed by atoms with Crippen LogP contribution in [0.15, 0.2) is 24.4 Å². The molecular weight excluding hydrogens is 388 g/mol. The first-order valence-electron chi connectivity index (χ1n) is 10.3. The Kier molecular flexibility index (Phi) is 5.07. The normalized spacial score (nSPS) is 20.0. The fourth-order valence-corrected chi connectivity index (χ4v) is 5.55. The van der Waals surface area contributed by atoms with Gasteiger partial charge >= 0.3 is 5.88 Å². The maximum atomic E-state index is 12.2. The highest BCUT2D eigenvalue weighted by Gasteiger charge is 2.27. The second kappa shape index (κ2) is 7.85. The number of hydrogen-bond acceptors (Lipinski definition) is 6. The van der Waals surface area contributed by atoms with Crippen molar-refractivity contribution in [3.63, 3.8) is 0 Å². The molecule has 1 aliphatic carbocycles. The maximum Gasteiger partial charge on any atom is 0.386 e. The minimum atomic E-state index is 0.237. The van der Waals surface area contributed by atoms with Crippen LogP contribution in [0, 0.1) is 11.1 Å². The summed E-state index contributed by atoms with van der Waals surface area (Å²) in [5, 5.41) is 13.2. The number of pyridine rings is 1. The number of quaternary nitrogens is 1. The number of nitrogens with zero attached hydrogens (tertiary/aromatic N) is 3. The predicted octanol–water partition coefficient (Wildman–Crippen LogP) is 1.66. The summed E-state index contributed by atoms with van der Waals surface area (Å²) in [6.07, 6.45) is 4.69. The Hall–Kier alpha value is -2.29. The lowest BCUT2D eigenvalue weighted by Gasteiger charge is -2.23. The van der Waals surface area contributed by atoms with Gasteiger partial charge in [0, 0.05) is 10.9 Å². The third kappa shape index (κ3) is 3.80. The molecule has 1 saturated heterocycles. The topological polar surface area (TPSA) is 75.6 Å². The van der Waals surface area contributed by atoms with Crippen molar-refractivity contribution in [2.24, 2.45) is 5.92 Å². The first kappa shape index (κ1) is 18.7. The van der Waals surface area contributed by atoms with Gasteiger partial charge in [-0.3, -0.25) is 0 Å². The smallest absolute Gasteiger partial charge is 0.386 e. The molecule has 1 aliphatic heterocycles. The molecular formula is C21H25N4O3S+. The average molecular weight is 414 g/mol. The standard InChI is InChI=1S/C21H24N4O3S/c1-14-5-6-15-16(12-14)29-21-19(15)20(28-18-4-2-3-7-25(18)26)22-17(23-21)13-24-8-10-27-11-9-24/h2-4,7,14H,5-6,8-13H2,1H3/p+1/t14-/m1/s1. The van der Waals surface area contributed by atoms with E-state index in [1.807, 2.05) is 0 Å². The van der Waals surface area contributed by atoms with Gasteiger partial charge in [0.1, 0.15) is 24.5 Å². The fourth-order valence-electron chi connectivity index (χ4n) is 4.16. The molecule has 7 nitrogen and oxygen atoms in total. The Morgan fingerprint density at radius 3 is 3.00 bits per heavy atom. The molecule has 0 radical (unpaired) electrons. The zero-order chi connectivity index (χ0) is 19.8. The van der Waals surface area contributed by atoms with E-state index in [4.69, 9.17) is 19.4 Å². The lowest BCUT2D eigenvalue weighted by atomic mass is 9.89. The number of hydrogen-bond donors (Lipinski definition) is 1. The zero-order valence-electron chi connectivity index (χ0n) is 16.5. The molecule has 2 aliphatic rings. The van der Waals surface area contributed by atoms with Crippen LogP contribution in [0.25, 0.3) is 10.2 Å². The third-order valence-corrected chi connectivity index (χ3v) is 6.91. The van der Waals surface area contributed by atoms with Crippen LogP contribution in [0.1, 0.15) is 29.6 Å². The van der Waals surface area contributed by atoms with Crippen LogP contribution in [0.3, 0.4) is 0 Å². The van der Waals surface area contributed by atoms with E-state index in [9.17, 15) is 5.21 Å². The molecule has 0 saturated carbocycles. The van der Waals surface area contributed by atoms with Crippen molar-refractivity contribution < 1.29 is 19.1 Å². The molecule has 1 atom stereocenters. The van der Waals surface area contributed by atoms with Gasteiger partial charge in [-0.2, -0.15) is 4.98 Å². The highest BCUT2D eigenvalue weighted by molar-refractivity contribution is 7.18. The second-order valence-electron chi connectivity index (χ2n) is 7.98. The molecule has 29 heavy (non-hydrogen) atoms. The number of morpholine rings is 1. The number of aryl methyl sites for hydroxylation is 1. The van der Waals surface area contributed by atoms with Crippen molar-refractivity contribution in [3.8, 4) is 11.8 Å². The summed E-state index contributed by atoms with van der Waals surface area (Å²) in [5.74, 6) is 2.20. The molecule has 3 aromatic heterocycles. The van der Waals surface area contributed by atoms with Crippen LogP contribution < -0.4 is 14.4 Å². The van der Waals surface area contributed by atoms with E-state index < -0.39 is 0 Å². The van der Waals surface area contributed by atoms with Gasteiger partial charge in [-0.15, -0.1) is 16.1 Å². The minimum Gasteiger partial charge on any atom is -0.616 e. The molecule has 0 aromatic carbocycles. The van der Waals surface area contributed by atoms with Gasteiger partial charge in [-0.25, -0.2) is 4.98 Å². The van der Waals surface area contributed by atoms with Crippen LogP contribution in [-0.4, -0.2) is 36.3 Å². The first-order valence-corrected chi connectivity index (χ1v) is 11.1. The highest BCUT2D eigenvalue weighted by Crippen LogP contribution is 2.41.